The highest BCUT2D eigenvalue weighted by Crippen LogP contribution is 2.70. The standard InChI is InChI=1S/C38H62O7.C32H54O4/c1-23(2)12-11-13-24(3)27-14-15-28-32-29(17-19-38(27,28)10)37(9)18-16-26(42-33(39)31-22-41-36(7,8)44-31)20-25(37)21-30(32)43-34(40)45-35(4,5)6;1-20(2)10-9-11-21(3)24-12-13-25-28-26(15-17-32(24,25)8)31(7)16-14-23(33)18-22(31)19-27(28)35-29(34)36-30(4,5)6/h21,23-24,26-32H,11-20,22H2,1-10H3;19-21,23-28,33H,9-18H2,1-8H3. The quantitative estimate of drug-likeness (QED) is 0.101. The van der Waals surface area contributed by atoms with Gasteiger partial charge in [0.15, 0.2) is 11.9 Å². The van der Waals surface area contributed by atoms with Crippen molar-refractivity contribution in [1.29, 1.82) is 0 Å². The molecule has 7 fully saturated rings. The molecule has 9 aliphatic rings. The van der Waals surface area contributed by atoms with Crippen molar-refractivity contribution < 1.29 is 52.6 Å². The van der Waals surface area contributed by atoms with Crippen molar-refractivity contribution in [3.05, 3.63) is 23.3 Å². The van der Waals surface area contributed by atoms with Gasteiger partial charge < -0.3 is 38.3 Å². The predicted octanol–water partition coefficient (Wildman–Crippen LogP) is 17.3. The van der Waals surface area contributed by atoms with Crippen molar-refractivity contribution in [3.63, 3.8) is 0 Å². The maximum absolute atomic E-state index is 13.2. The number of rotatable bonds is 14. The van der Waals surface area contributed by atoms with Crippen LogP contribution in [-0.4, -0.2) is 77.5 Å². The van der Waals surface area contributed by atoms with Crippen LogP contribution in [0.4, 0.5) is 9.59 Å². The molecule has 11 heteroatoms. The molecule has 1 saturated heterocycles. The lowest BCUT2D eigenvalue weighted by atomic mass is 9.46. The van der Waals surface area contributed by atoms with Gasteiger partial charge in [-0.15, -0.1) is 0 Å². The van der Waals surface area contributed by atoms with Crippen molar-refractivity contribution in [2.45, 2.75) is 301 Å². The fourth-order valence-electron chi connectivity index (χ4n) is 19.4. The highest BCUT2D eigenvalue weighted by molar-refractivity contribution is 5.75. The Morgan fingerprint density at radius 1 is 0.568 bits per heavy atom. The van der Waals surface area contributed by atoms with Crippen molar-refractivity contribution in [2.24, 2.45) is 92.7 Å². The summed E-state index contributed by atoms with van der Waals surface area (Å²) < 4.78 is 41.2. The van der Waals surface area contributed by atoms with Gasteiger partial charge in [0.2, 0.25) is 0 Å². The van der Waals surface area contributed by atoms with Gasteiger partial charge in [-0.25, -0.2) is 14.4 Å². The van der Waals surface area contributed by atoms with Gasteiger partial charge in [0.1, 0.15) is 29.5 Å². The molecule has 462 valence electrons. The van der Waals surface area contributed by atoms with Gasteiger partial charge in [-0.05, 0) is 232 Å². The molecule has 6 saturated carbocycles. The summed E-state index contributed by atoms with van der Waals surface area (Å²) in [4.78, 5) is 39.1. The molecule has 1 aliphatic heterocycles. The highest BCUT2D eigenvalue weighted by Gasteiger charge is 2.64. The van der Waals surface area contributed by atoms with Crippen molar-refractivity contribution in [3.8, 4) is 0 Å². The third-order valence-electron chi connectivity index (χ3n) is 23.3. The average Bonchev–Trinajstić information content (AvgIpc) is 3.42. The van der Waals surface area contributed by atoms with Gasteiger partial charge in [0.05, 0.1) is 12.7 Å². The second kappa shape index (κ2) is 24.6. The minimum Gasteiger partial charge on any atom is -0.460 e. The minimum atomic E-state index is -0.775. The van der Waals surface area contributed by atoms with Crippen LogP contribution in [0.15, 0.2) is 23.3 Å². The molecule has 0 radical (unpaired) electrons. The molecule has 81 heavy (non-hydrogen) atoms. The third kappa shape index (κ3) is 14.1. The fraction of sp³-hybridized carbons (Fsp3) is 0.900. The van der Waals surface area contributed by atoms with Crippen LogP contribution in [0, 0.1) is 92.7 Å². The number of hydrogen-bond donors (Lipinski definition) is 1. The van der Waals surface area contributed by atoms with Crippen LogP contribution in [0.3, 0.4) is 0 Å². The molecule has 0 aromatic carbocycles. The van der Waals surface area contributed by atoms with Gasteiger partial charge in [0, 0.05) is 18.3 Å². The number of fused-ring (bicyclic) bond motifs is 10. The van der Waals surface area contributed by atoms with Crippen LogP contribution < -0.4 is 0 Å². The van der Waals surface area contributed by atoms with Gasteiger partial charge in [0.25, 0.3) is 0 Å². The largest absolute Gasteiger partial charge is 0.509 e. The third-order valence-corrected chi connectivity index (χ3v) is 23.3. The average molecular weight is 1130 g/mol. The first-order valence-corrected chi connectivity index (χ1v) is 33.1. The van der Waals surface area contributed by atoms with E-state index in [1.165, 1.54) is 94.6 Å². The molecular weight excluding hydrogens is 1020 g/mol. The number of aliphatic hydroxyl groups excluding tert-OH is 1. The van der Waals surface area contributed by atoms with Crippen LogP contribution in [0.2, 0.25) is 0 Å². The van der Waals surface area contributed by atoms with Crippen LogP contribution in [-0.2, 0) is 38.0 Å². The zero-order valence-corrected chi connectivity index (χ0v) is 54.3. The van der Waals surface area contributed by atoms with Gasteiger partial charge >= 0.3 is 18.3 Å². The van der Waals surface area contributed by atoms with E-state index in [1.807, 2.05) is 55.4 Å². The van der Waals surface area contributed by atoms with Crippen molar-refractivity contribution in [2.75, 3.05) is 6.61 Å². The van der Waals surface area contributed by atoms with Crippen LogP contribution in [0.5, 0.6) is 0 Å². The van der Waals surface area contributed by atoms with Gasteiger partial charge in [-0.2, -0.15) is 0 Å². The molecule has 0 bridgehead atoms. The summed E-state index contributed by atoms with van der Waals surface area (Å²) in [5.74, 6) is 5.93. The molecule has 8 aliphatic carbocycles. The number of aliphatic hydroxyl groups is 1. The number of ether oxygens (including phenoxy) is 7. The van der Waals surface area contributed by atoms with Crippen LogP contribution in [0.25, 0.3) is 0 Å². The molecule has 0 aromatic heterocycles. The topological polar surface area (TPSA) is 136 Å². The Balaban J connectivity index is 0.000000218. The van der Waals surface area contributed by atoms with Crippen LogP contribution >= 0.6 is 0 Å². The second-order valence-corrected chi connectivity index (χ2v) is 32.5. The van der Waals surface area contributed by atoms with E-state index in [0.29, 0.717) is 59.7 Å². The summed E-state index contributed by atoms with van der Waals surface area (Å²) in [6, 6.07) is 0. The maximum Gasteiger partial charge on any atom is 0.509 e. The molecule has 11 nitrogen and oxygen atoms in total. The first-order valence-electron chi connectivity index (χ1n) is 33.1. The summed E-state index contributed by atoms with van der Waals surface area (Å²) in [6.07, 6.45) is 24.4. The summed E-state index contributed by atoms with van der Waals surface area (Å²) in [5.41, 5.74) is 2.06. The van der Waals surface area contributed by atoms with E-state index in [9.17, 15) is 19.5 Å². The first kappa shape index (κ1) is 64.4. The molecule has 1 heterocycles. The first-order chi connectivity index (χ1) is 37.7. The number of hydrogen-bond acceptors (Lipinski definition) is 11. The second-order valence-electron chi connectivity index (χ2n) is 32.5. The molecule has 0 aromatic rings. The summed E-state index contributed by atoms with van der Waals surface area (Å²) in [5, 5.41) is 10.5. The molecule has 0 amide bonds. The molecule has 0 spiro atoms. The monoisotopic (exact) mass is 1130 g/mol. The van der Waals surface area contributed by atoms with E-state index < -0.39 is 35.4 Å². The maximum atomic E-state index is 13.2. The smallest absolute Gasteiger partial charge is 0.460 e. The highest BCUT2D eigenvalue weighted by atomic mass is 16.8. The minimum absolute atomic E-state index is 0.00137. The molecule has 19 atom stereocenters. The molecular formula is C70H116O11. The van der Waals surface area contributed by atoms with E-state index in [-0.39, 0.29) is 59.2 Å². The fourth-order valence-corrected chi connectivity index (χ4v) is 19.4. The van der Waals surface area contributed by atoms with E-state index in [4.69, 9.17) is 33.2 Å². The number of carbonyl (C=O) groups excluding carboxylic acids is 3. The lowest BCUT2D eigenvalue weighted by Gasteiger charge is -2.59. The Hall–Kier alpha value is -2.63. The Morgan fingerprint density at radius 3 is 1.43 bits per heavy atom. The molecule has 1 N–H and O–H groups in total. The van der Waals surface area contributed by atoms with E-state index in [1.54, 1.807) is 0 Å². The zero-order valence-electron chi connectivity index (χ0n) is 54.3. The number of esters is 1. The summed E-state index contributed by atoms with van der Waals surface area (Å²) >= 11 is 0. The Kier molecular flexibility index (Phi) is 19.6. The van der Waals surface area contributed by atoms with E-state index in [0.717, 1.165) is 55.8 Å². The summed E-state index contributed by atoms with van der Waals surface area (Å²) in [7, 11) is 0. The normalized spacial score (nSPS) is 40.3. The Labute approximate surface area is 492 Å². The number of carbonyl (C=O) groups is 3. The zero-order chi connectivity index (χ0) is 59.4. The predicted molar refractivity (Wildman–Crippen MR) is 320 cm³/mol. The van der Waals surface area contributed by atoms with Crippen molar-refractivity contribution >= 4 is 18.3 Å². The van der Waals surface area contributed by atoms with E-state index >= 15 is 0 Å². The lowest BCUT2D eigenvalue weighted by molar-refractivity contribution is -0.176. The SMILES string of the molecule is CC(C)CCCC(C)C1CCC2C3C(OC(=O)OC(C)(C)C)C=C4CC(O)CCC4(C)C3CCC12C.CC(C)CCCC(C)C1CCC2C3C(OC(=O)OC(C)(C)C)C=C4CC(OC(=O)C5COC(C)(C)O5)CCC4(C)C3CCC12C. The molecule has 9 rings (SSSR count). The summed E-state index contributed by atoms with van der Waals surface area (Å²) in [6.45, 7) is 39.5. The molecule has 19 unspecified atom stereocenters. The Bertz CT molecular complexity index is 2250. The van der Waals surface area contributed by atoms with Crippen LogP contribution in [0.1, 0.15) is 253 Å². The lowest BCUT2D eigenvalue weighted by Crippen LogP contribution is -2.56. The van der Waals surface area contributed by atoms with Gasteiger partial charge in [-0.3, -0.25) is 0 Å². The van der Waals surface area contributed by atoms with Crippen molar-refractivity contribution in [1.82, 2.24) is 0 Å². The Morgan fingerprint density at radius 2 is 1.01 bits per heavy atom. The van der Waals surface area contributed by atoms with E-state index in [2.05, 4.69) is 81.4 Å². The van der Waals surface area contributed by atoms with Gasteiger partial charge in [-0.1, -0.05) is 119 Å².